The van der Waals surface area contributed by atoms with Gasteiger partial charge in [-0.1, -0.05) is 24.4 Å². The summed E-state index contributed by atoms with van der Waals surface area (Å²) in [5.74, 6) is 0.539. The molecule has 4 heteroatoms. The van der Waals surface area contributed by atoms with Crippen LogP contribution in [0.1, 0.15) is 31.4 Å². The smallest absolute Gasteiger partial charge is 0.204 e. The van der Waals surface area contributed by atoms with Gasteiger partial charge in [-0.3, -0.25) is 10.2 Å². The molecule has 1 aromatic carbocycles. The van der Waals surface area contributed by atoms with E-state index >= 15 is 0 Å². The highest BCUT2D eigenvalue weighted by Gasteiger charge is 2.20. The monoisotopic (exact) mass is 313 g/mol. The molecule has 1 aromatic rings. The highest BCUT2D eigenvalue weighted by Crippen LogP contribution is 2.32. The van der Waals surface area contributed by atoms with Crippen molar-refractivity contribution >= 4 is 34.2 Å². The average Bonchev–Trinajstić information content (AvgIpc) is 2.84. The molecule has 1 aliphatic heterocycles. The summed E-state index contributed by atoms with van der Waals surface area (Å²) in [4.78, 5) is 12.4. The third kappa shape index (κ3) is 3.57. The number of thiocarbonyl (C=S) groups is 1. The first-order chi connectivity index (χ1) is 10.4. The molecule has 0 aliphatic carbocycles. The highest BCUT2D eigenvalue weighted by molar-refractivity contribution is 7.82. The second-order valence-electron chi connectivity index (χ2n) is 5.41. The maximum Gasteiger partial charge on any atom is 0.204 e. The van der Waals surface area contributed by atoms with E-state index in [0.29, 0.717) is 11.3 Å². The van der Waals surface area contributed by atoms with E-state index in [1.54, 1.807) is 13.0 Å². The van der Waals surface area contributed by atoms with Gasteiger partial charge in [0.2, 0.25) is 5.78 Å². The second kappa shape index (κ2) is 6.79. The number of nitrogens with one attached hydrogen (secondary N) is 1. The molecule has 114 valence electrons. The van der Waals surface area contributed by atoms with E-state index in [1.807, 2.05) is 19.1 Å². The summed E-state index contributed by atoms with van der Waals surface area (Å²) in [5.41, 5.74) is 2.81. The van der Waals surface area contributed by atoms with Gasteiger partial charge in [-0.2, -0.15) is 0 Å². The number of ketones is 1. The lowest BCUT2D eigenvalue weighted by molar-refractivity contribution is -0.108. The van der Waals surface area contributed by atoms with Gasteiger partial charge in [0.1, 0.15) is 17.6 Å². The number of rotatable bonds is 6. The van der Waals surface area contributed by atoms with E-state index in [2.05, 4.69) is 12.6 Å². The van der Waals surface area contributed by atoms with Crippen LogP contribution in [0.25, 0.3) is 5.57 Å². The summed E-state index contributed by atoms with van der Waals surface area (Å²) < 4.78 is 5.69. The number of ether oxygens (including phenoxy) is 1. The van der Waals surface area contributed by atoms with Crippen LogP contribution in [-0.4, -0.2) is 22.5 Å². The minimum atomic E-state index is -0.366. The van der Waals surface area contributed by atoms with Gasteiger partial charge < -0.3 is 4.74 Å². The van der Waals surface area contributed by atoms with Crippen molar-refractivity contribution in [1.29, 1.82) is 5.41 Å². The van der Waals surface area contributed by atoms with Gasteiger partial charge in [-0.15, -0.1) is 6.58 Å². The molecule has 1 unspecified atom stereocenters. The number of carbonyl (C=O) groups is 1. The molecule has 0 saturated carbocycles. The number of hydrogen-bond donors (Lipinski definition) is 1. The largest absolute Gasteiger partial charge is 0.490 e. The molecule has 0 radical (unpaired) electrons. The Bertz CT molecular complexity index is 688. The zero-order valence-corrected chi connectivity index (χ0v) is 13.6. The molecule has 0 spiro atoms. The third-order valence-corrected chi connectivity index (χ3v) is 3.74. The number of fused-ring (bicyclic) bond motifs is 1. The fraction of sp³-hybridized carbons (Fsp3) is 0.278. The summed E-state index contributed by atoms with van der Waals surface area (Å²) in [5, 5.41) is 7.71. The summed E-state index contributed by atoms with van der Waals surface area (Å²) in [6, 6.07) is 5.92. The Morgan fingerprint density at radius 1 is 1.55 bits per heavy atom. The third-order valence-electron chi connectivity index (χ3n) is 3.53. The molecule has 0 amide bonds. The van der Waals surface area contributed by atoms with E-state index in [1.165, 1.54) is 6.08 Å². The Morgan fingerprint density at radius 3 is 2.91 bits per heavy atom. The Balaban J connectivity index is 2.35. The predicted octanol–water partition coefficient (Wildman–Crippen LogP) is 3.95. The minimum absolute atomic E-state index is 0.130. The van der Waals surface area contributed by atoms with Gasteiger partial charge in [0.15, 0.2) is 0 Å². The molecule has 0 aromatic heterocycles. The molecule has 0 saturated heterocycles. The second-order valence-corrected chi connectivity index (χ2v) is 6.03. The van der Waals surface area contributed by atoms with Crippen molar-refractivity contribution in [2.45, 2.75) is 32.8 Å². The first kappa shape index (κ1) is 16.3. The van der Waals surface area contributed by atoms with Gasteiger partial charge in [-0.25, -0.2) is 0 Å². The highest BCUT2D eigenvalue weighted by atomic mass is 32.1. The molecule has 3 nitrogen and oxygen atoms in total. The fourth-order valence-electron chi connectivity index (χ4n) is 2.44. The average molecular weight is 313 g/mol. The zero-order chi connectivity index (χ0) is 16.3. The number of benzene rings is 1. The quantitative estimate of drug-likeness (QED) is 0.374. The van der Waals surface area contributed by atoms with Crippen LogP contribution in [0.15, 0.2) is 36.9 Å². The molecular weight excluding hydrogens is 294 g/mol. The van der Waals surface area contributed by atoms with Gasteiger partial charge in [0.05, 0.1) is 0 Å². The van der Waals surface area contributed by atoms with Gasteiger partial charge in [0.25, 0.3) is 0 Å². The lowest BCUT2D eigenvalue weighted by Gasteiger charge is -2.08. The Labute approximate surface area is 136 Å². The normalized spacial score (nSPS) is 16.6. The maximum atomic E-state index is 12.1. The molecule has 1 atom stereocenters. The van der Waals surface area contributed by atoms with Crippen molar-refractivity contribution in [3.8, 4) is 5.75 Å². The van der Waals surface area contributed by atoms with E-state index in [0.717, 1.165) is 28.9 Å². The predicted molar refractivity (Wildman–Crippen MR) is 94.0 cm³/mol. The van der Waals surface area contributed by atoms with Crippen molar-refractivity contribution in [2.75, 3.05) is 0 Å². The first-order valence-corrected chi connectivity index (χ1v) is 7.58. The van der Waals surface area contributed by atoms with Crippen LogP contribution >= 0.6 is 12.2 Å². The van der Waals surface area contributed by atoms with Crippen LogP contribution in [0.2, 0.25) is 0 Å². The number of hydrogen-bond acceptors (Lipinski definition) is 4. The van der Waals surface area contributed by atoms with Crippen LogP contribution in [0.5, 0.6) is 5.75 Å². The Kier molecular flexibility index (Phi) is 5.03. The molecule has 2 rings (SSSR count). The van der Waals surface area contributed by atoms with Gasteiger partial charge in [0, 0.05) is 11.3 Å². The summed E-state index contributed by atoms with van der Waals surface area (Å²) in [6.45, 7) is 7.36. The van der Waals surface area contributed by atoms with Crippen LogP contribution in [0.3, 0.4) is 0 Å². The first-order valence-electron chi connectivity index (χ1n) is 7.17. The fourth-order valence-corrected chi connectivity index (χ4v) is 2.54. The van der Waals surface area contributed by atoms with Crippen LogP contribution in [-0.2, 0) is 11.2 Å². The van der Waals surface area contributed by atoms with Crippen molar-refractivity contribution in [3.63, 3.8) is 0 Å². The Hall–Kier alpha value is -2.07. The molecule has 22 heavy (non-hydrogen) atoms. The lowest BCUT2D eigenvalue weighted by atomic mass is 9.97. The van der Waals surface area contributed by atoms with Gasteiger partial charge >= 0.3 is 0 Å². The van der Waals surface area contributed by atoms with Gasteiger partial charge in [-0.05, 0) is 55.2 Å². The number of allylic oxidation sites excluding steroid dienone is 3. The molecule has 0 fully saturated rings. The summed E-state index contributed by atoms with van der Waals surface area (Å²) >= 11 is 4.90. The molecule has 1 aliphatic rings. The maximum absolute atomic E-state index is 12.1. The van der Waals surface area contributed by atoms with Crippen molar-refractivity contribution in [2.24, 2.45) is 0 Å². The lowest BCUT2D eigenvalue weighted by Crippen LogP contribution is -2.17. The van der Waals surface area contributed by atoms with Crippen molar-refractivity contribution in [1.82, 2.24) is 0 Å². The number of carbonyl (C=O) groups excluding carboxylic acids is 1. The molecule has 1 heterocycles. The van der Waals surface area contributed by atoms with E-state index < -0.39 is 0 Å². The van der Waals surface area contributed by atoms with Crippen LogP contribution in [0, 0.1) is 5.41 Å². The van der Waals surface area contributed by atoms with E-state index in [4.69, 9.17) is 22.4 Å². The summed E-state index contributed by atoms with van der Waals surface area (Å²) in [7, 11) is 0. The molecular formula is C18H19NO2S. The Morgan fingerprint density at radius 2 is 2.27 bits per heavy atom. The minimum Gasteiger partial charge on any atom is -0.490 e. The van der Waals surface area contributed by atoms with E-state index in [-0.39, 0.29) is 17.6 Å². The molecule has 1 N–H and O–H groups in total. The topological polar surface area (TPSA) is 50.2 Å². The van der Waals surface area contributed by atoms with Crippen molar-refractivity contribution < 1.29 is 9.53 Å². The van der Waals surface area contributed by atoms with Crippen LogP contribution in [0.4, 0.5) is 0 Å². The summed E-state index contributed by atoms with van der Waals surface area (Å²) in [6.07, 6.45) is 4.85. The van der Waals surface area contributed by atoms with E-state index in [9.17, 15) is 4.79 Å². The van der Waals surface area contributed by atoms with Crippen LogP contribution < -0.4 is 4.74 Å². The van der Waals surface area contributed by atoms with Crippen molar-refractivity contribution in [3.05, 3.63) is 48.1 Å². The standard InChI is InChI=1S/C18H19NO2S/c1-4-5-13(10-16(20)18(19)12(3)22)14-6-7-17-15(9-14)8-11(2)21-17/h4,6-7,9-11,19H,1,5,8H2,2-3H3/b13-10+,19-18?. The SMILES string of the molecule is C=CC/C(=C\C(=O)C(=N)C(C)=S)c1ccc2c(c1)CC(C)O2. The zero-order valence-electron chi connectivity index (χ0n) is 12.8. The molecule has 0 bridgehead atoms.